The monoisotopic (exact) mass is 447 g/mol. The Kier molecular flexibility index (Phi) is 9.92. The molecule has 0 spiro atoms. The van der Waals surface area contributed by atoms with E-state index in [1.54, 1.807) is 45.0 Å². The van der Waals surface area contributed by atoms with Crippen LogP contribution in [0.2, 0.25) is 0 Å². The van der Waals surface area contributed by atoms with E-state index in [2.05, 4.69) is 5.32 Å². The fraction of sp³-hybridized carbons (Fsp3) is 0.391. The third kappa shape index (κ3) is 7.94. The van der Waals surface area contributed by atoms with Gasteiger partial charge in [0.15, 0.2) is 0 Å². The second-order valence-corrected chi connectivity index (χ2v) is 8.91. The SMILES string of the molecule is CCOC(=O)c1ccc(NC(=O)C(Cc2ccccc2)CP(=O)(OCC)OCC)cc1. The zero-order valence-corrected chi connectivity index (χ0v) is 19.1. The highest BCUT2D eigenvalue weighted by atomic mass is 31.2. The van der Waals surface area contributed by atoms with Crippen LogP contribution < -0.4 is 5.32 Å². The molecule has 1 atom stereocenters. The van der Waals surface area contributed by atoms with Gasteiger partial charge in [-0.2, -0.15) is 0 Å². The molecular weight excluding hydrogens is 417 g/mol. The van der Waals surface area contributed by atoms with Gasteiger partial charge in [-0.25, -0.2) is 4.79 Å². The van der Waals surface area contributed by atoms with Crippen LogP contribution in [0.25, 0.3) is 0 Å². The Morgan fingerprint density at radius 2 is 1.52 bits per heavy atom. The Morgan fingerprint density at radius 3 is 2.06 bits per heavy atom. The predicted molar refractivity (Wildman–Crippen MR) is 120 cm³/mol. The number of esters is 1. The van der Waals surface area contributed by atoms with Crippen LogP contribution in [0.1, 0.15) is 36.7 Å². The van der Waals surface area contributed by atoms with E-state index in [-0.39, 0.29) is 31.9 Å². The third-order valence-corrected chi connectivity index (χ3v) is 6.65. The molecule has 8 heteroatoms. The summed E-state index contributed by atoms with van der Waals surface area (Å²) in [5.74, 6) is -1.35. The minimum absolute atomic E-state index is 0.0314. The van der Waals surface area contributed by atoms with Gasteiger partial charge >= 0.3 is 13.6 Å². The predicted octanol–water partition coefficient (Wildman–Crippen LogP) is 4.93. The molecule has 0 saturated carbocycles. The molecule has 2 aromatic rings. The zero-order chi connectivity index (χ0) is 22.7. The first kappa shape index (κ1) is 24.8. The summed E-state index contributed by atoms with van der Waals surface area (Å²) in [6.07, 6.45) is 0.355. The molecule has 0 radical (unpaired) electrons. The summed E-state index contributed by atoms with van der Waals surface area (Å²) in [5.41, 5.74) is 1.87. The summed E-state index contributed by atoms with van der Waals surface area (Å²) < 4.78 is 28.9. The number of rotatable bonds is 12. The van der Waals surface area contributed by atoms with Crippen molar-refractivity contribution in [2.45, 2.75) is 27.2 Å². The van der Waals surface area contributed by atoms with Crippen LogP contribution in [0.4, 0.5) is 5.69 Å². The molecule has 0 fully saturated rings. The number of hydrogen-bond donors (Lipinski definition) is 1. The van der Waals surface area contributed by atoms with Gasteiger partial charge in [0.25, 0.3) is 0 Å². The molecule has 168 valence electrons. The van der Waals surface area contributed by atoms with Crippen molar-refractivity contribution >= 4 is 25.2 Å². The Bertz CT molecular complexity index is 875. The van der Waals surface area contributed by atoms with Crippen molar-refractivity contribution in [1.29, 1.82) is 0 Å². The van der Waals surface area contributed by atoms with E-state index in [9.17, 15) is 14.2 Å². The van der Waals surface area contributed by atoms with Crippen molar-refractivity contribution < 1.29 is 27.9 Å². The van der Waals surface area contributed by atoms with E-state index in [1.807, 2.05) is 30.3 Å². The van der Waals surface area contributed by atoms with E-state index < -0.39 is 19.5 Å². The second-order valence-electron chi connectivity index (χ2n) is 6.80. The molecule has 1 N–H and O–H groups in total. The molecule has 0 saturated heterocycles. The van der Waals surface area contributed by atoms with Crippen LogP contribution >= 0.6 is 7.60 Å². The van der Waals surface area contributed by atoms with Gasteiger partial charge in [-0.3, -0.25) is 9.36 Å². The van der Waals surface area contributed by atoms with Crippen LogP contribution in [0.3, 0.4) is 0 Å². The number of carbonyl (C=O) groups is 2. The van der Waals surface area contributed by atoms with Gasteiger partial charge in [0.2, 0.25) is 5.91 Å². The van der Waals surface area contributed by atoms with Gasteiger partial charge in [-0.1, -0.05) is 30.3 Å². The van der Waals surface area contributed by atoms with Crippen molar-refractivity contribution in [3.05, 3.63) is 65.7 Å². The highest BCUT2D eigenvalue weighted by Crippen LogP contribution is 2.50. The number of carbonyl (C=O) groups excluding carboxylic acids is 2. The summed E-state index contributed by atoms with van der Waals surface area (Å²) in [4.78, 5) is 24.9. The van der Waals surface area contributed by atoms with Gasteiger partial charge in [-0.05, 0) is 57.0 Å². The van der Waals surface area contributed by atoms with Crippen LogP contribution in [0.5, 0.6) is 0 Å². The first-order valence-electron chi connectivity index (χ1n) is 10.4. The average Bonchev–Trinajstić information content (AvgIpc) is 2.75. The molecule has 1 amide bonds. The number of nitrogens with one attached hydrogen (secondary N) is 1. The molecule has 0 heterocycles. The van der Waals surface area contributed by atoms with Crippen LogP contribution in [0.15, 0.2) is 54.6 Å². The molecule has 1 unspecified atom stereocenters. The fourth-order valence-corrected chi connectivity index (χ4v) is 5.00. The molecule has 31 heavy (non-hydrogen) atoms. The number of benzene rings is 2. The van der Waals surface area contributed by atoms with E-state index in [0.717, 1.165) is 5.56 Å². The maximum Gasteiger partial charge on any atom is 0.338 e. The largest absolute Gasteiger partial charge is 0.462 e. The summed E-state index contributed by atoms with van der Waals surface area (Å²) in [7, 11) is -3.42. The summed E-state index contributed by atoms with van der Waals surface area (Å²) in [5, 5.41) is 2.84. The highest BCUT2D eigenvalue weighted by Gasteiger charge is 2.32. The fourth-order valence-electron chi connectivity index (χ4n) is 3.09. The average molecular weight is 447 g/mol. The summed E-state index contributed by atoms with van der Waals surface area (Å²) in [6, 6.07) is 16.0. The summed E-state index contributed by atoms with van der Waals surface area (Å²) in [6.45, 7) is 5.96. The standard InChI is InChI=1S/C23H30NO6P/c1-4-28-23(26)19-12-14-21(15-13-19)24-22(25)20(16-18-10-8-7-9-11-18)17-31(27,29-5-2)30-6-3/h7-15,20H,4-6,16-17H2,1-3H3,(H,24,25). The molecule has 0 bridgehead atoms. The van der Waals surface area contributed by atoms with Gasteiger partial charge in [0, 0.05) is 5.69 Å². The Balaban J connectivity index is 2.18. The number of amides is 1. The first-order valence-corrected chi connectivity index (χ1v) is 12.1. The molecule has 2 rings (SSSR count). The maximum absolute atomic E-state index is 13.1. The zero-order valence-electron chi connectivity index (χ0n) is 18.2. The van der Waals surface area contributed by atoms with Gasteiger partial charge in [0.1, 0.15) is 0 Å². The molecule has 2 aromatic carbocycles. The first-order chi connectivity index (χ1) is 14.9. The lowest BCUT2D eigenvalue weighted by Gasteiger charge is -2.23. The lowest BCUT2D eigenvalue weighted by atomic mass is 10.00. The number of ether oxygens (including phenoxy) is 1. The Hall–Kier alpha value is -2.47. The molecule has 0 aliphatic carbocycles. The van der Waals surface area contributed by atoms with E-state index in [1.165, 1.54) is 0 Å². The quantitative estimate of drug-likeness (QED) is 0.367. The minimum atomic E-state index is -3.42. The maximum atomic E-state index is 13.1. The van der Waals surface area contributed by atoms with Crippen molar-refractivity contribution in [3.63, 3.8) is 0 Å². The molecule has 0 aliphatic heterocycles. The molecule has 7 nitrogen and oxygen atoms in total. The van der Waals surface area contributed by atoms with Crippen molar-refractivity contribution in [2.24, 2.45) is 5.92 Å². The number of anilines is 1. The smallest absolute Gasteiger partial charge is 0.338 e. The lowest BCUT2D eigenvalue weighted by Crippen LogP contribution is -2.28. The summed E-state index contributed by atoms with van der Waals surface area (Å²) >= 11 is 0. The lowest BCUT2D eigenvalue weighted by molar-refractivity contribution is -0.119. The van der Waals surface area contributed by atoms with Crippen molar-refractivity contribution in [3.8, 4) is 0 Å². The minimum Gasteiger partial charge on any atom is -0.462 e. The van der Waals surface area contributed by atoms with Crippen molar-refractivity contribution in [1.82, 2.24) is 0 Å². The van der Waals surface area contributed by atoms with Gasteiger partial charge < -0.3 is 19.1 Å². The molecule has 0 aromatic heterocycles. The van der Waals surface area contributed by atoms with E-state index >= 15 is 0 Å². The highest BCUT2D eigenvalue weighted by molar-refractivity contribution is 7.53. The van der Waals surface area contributed by atoms with Crippen molar-refractivity contribution in [2.75, 3.05) is 31.3 Å². The van der Waals surface area contributed by atoms with Crippen LogP contribution in [-0.2, 0) is 29.6 Å². The van der Waals surface area contributed by atoms with Gasteiger partial charge in [-0.15, -0.1) is 0 Å². The van der Waals surface area contributed by atoms with E-state index in [4.69, 9.17) is 13.8 Å². The topological polar surface area (TPSA) is 90.9 Å². The van der Waals surface area contributed by atoms with Gasteiger partial charge in [0.05, 0.1) is 37.5 Å². The third-order valence-electron chi connectivity index (χ3n) is 4.45. The molecular formula is C23H30NO6P. The van der Waals surface area contributed by atoms with E-state index in [0.29, 0.717) is 17.7 Å². The van der Waals surface area contributed by atoms with Crippen LogP contribution in [-0.4, -0.2) is 37.9 Å². The van der Waals surface area contributed by atoms with Crippen LogP contribution in [0, 0.1) is 5.92 Å². The second kappa shape index (κ2) is 12.4. The number of hydrogen-bond acceptors (Lipinski definition) is 6. The Labute approximate surface area is 183 Å². The molecule has 0 aliphatic rings. The normalized spacial score (nSPS) is 12.2. The Morgan fingerprint density at radius 1 is 0.903 bits per heavy atom.